The summed E-state index contributed by atoms with van der Waals surface area (Å²) in [7, 11) is 1.48. The van der Waals surface area contributed by atoms with Gasteiger partial charge in [-0.15, -0.1) is 0 Å². The lowest BCUT2D eigenvalue weighted by Crippen LogP contribution is -2.32. The zero-order valence-electron chi connectivity index (χ0n) is 12.4. The second-order valence-electron chi connectivity index (χ2n) is 6.37. The summed E-state index contributed by atoms with van der Waals surface area (Å²) in [6.45, 7) is 5.81. The lowest BCUT2D eigenvalue weighted by atomic mass is 10.1. The number of hydrogen-bond donors (Lipinski definition) is 1. The van der Waals surface area contributed by atoms with E-state index in [4.69, 9.17) is 5.11 Å². The van der Waals surface area contributed by atoms with Crippen molar-refractivity contribution in [3.63, 3.8) is 0 Å². The molecule has 0 saturated heterocycles. The molecule has 0 atom stereocenters. The molecule has 0 aliphatic heterocycles. The molecule has 0 radical (unpaired) electrons. The summed E-state index contributed by atoms with van der Waals surface area (Å²) in [5.41, 5.74) is 1.21. The molecule has 0 spiro atoms. The zero-order chi connectivity index (χ0) is 15.1. The Morgan fingerprint density at radius 3 is 2.50 bits per heavy atom. The molecule has 1 aromatic heterocycles. The number of amides is 1. The summed E-state index contributed by atoms with van der Waals surface area (Å²) >= 11 is 0. The largest absolute Gasteiger partial charge is 0.480 e. The molecule has 1 aliphatic rings. The van der Waals surface area contributed by atoms with E-state index < -0.39 is 5.97 Å². The zero-order valence-corrected chi connectivity index (χ0v) is 12.4. The average molecular weight is 279 g/mol. The van der Waals surface area contributed by atoms with Gasteiger partial charge in [-0.2, -0.15) is 5.10 Å². The van der Waals surface area contributed by atoms with Crippen molar-refractivity contribution < 1.29 is 14.7 Å². The van der Waals surface area contributed by atoms with E-state index in [0.717, 1.165) is 18.5 Å². The number of aliphatic carboxylic acids is 1. The first-order valence-corrected chi connectivity index (χ1v) is 6.78. The molecular formula is C14H21N3O3. The van der Waals surface area contributed by atoms with Crippen LogP contribution in [0, 0.1) is 0 Å². The third kappa shape index (κ3) is 3.00. The van der Waals surface area contributed by atoms with Gasteiger partial charge in [0.2, 0.25) is 0 Å². The van der Waals surface area contributed by atoms with E-state index in [1.165, 1.54) is 11.9 Å². The standard InChI is InChI=1S/C14H21N3O3/c1-14(2,3)17-11(9-5-6-9)7-10(15-17)13(20)16(4)8-12(18)19/h7,9H,5-6,8H2,1-4H3,(H,18,19). The fraction of sp³-hybridized carbons (Fsp3) is 0.643. The molecule has 1 aliphatic carbocycles. The van der Waals surface area contributed by atoms with Gasteiger partial charge in [-0.1, -0.05) is 0 Å². The molecule has 110 valence electrons. The Morgan fingerprint density at radius 2 is 2.05 bits per heavy atom. The highest BCUT2D eigenvalue weighted by Gasteiger charge is 2.33. The molecule has 1 heterocycles. The summed E-state index contributed by atoms with van der Waals surface area (Å²) in [4.78, 5) is 24.1. The summed E-state index contributed by atoms with van der Waals surface area (Å²) in [5.74, 6) is -0.899. The first-order chi connectivity index (χ1) is 9.20. The molecule has 1 saturated carbocycles. The van der Waals surface area contributed by atoms with Crippen LogP contribution in [-0.4, -0.2) is 45.3 Å². The number of hydrogen-bond acceptors (Lipinski definition) is 3. The minimum absolute atomic E-state index is 0.193. The monoisotopic (exact) mass is 279 g/mol. The van der Waals surface area contributed by atoms with Crippen LogP contribution in [-0.2, 0) is 10.3 Å². The van der Waals surface area contributed by atoms with Gasteiger partial charge in [-0.05, 0) is 39.7 Å². The first kappa shape index (κ1) is 14.6. The number of carboxylic acid groups (broad SMARTS) is 1. The molecule has 6 heteroatoms. The molecule has 6 nitrogen and oxygen atoms in total. The lowest BCUT2D eigenvalue weighted by molar-refractivity contribution is -0.137. The molecule has 0 bridgehead atoms. The van der Waals surface area contributed by atoms with Crippen molar-refractivity contribution in [2.24, 2.45) is 0 Å². The van der Waals surface area contributed by atoms with E-state index >= 15 is 0 Å². The third-order valence-corrected chi connectivity index (χ3v) is 3.31. The van der Waals surface area contributed by atoms with Crippen LogP contribution in [0.2, 0.25) is 0 Å². The smallest absolute Gasteiger partial charge is 0.323 e. The van der Waals surface area contributed by atoms with E-state index in [1.54, 1.807) is 0 Å². The van der Waals surface area contributed by atoms with Crippen LogP contribution in [0.15, 0.2) is 6.07 Å². The molecule has 0 aromatic carbocycles. The molecule has 0 unspecified atom stereocenters. The Bertz CT molecular complexity index is 538. The highest BCUT2D eigenvalue weighted by Crippen LogP contribution is 2.41. The lowest BCUT2D eigenvalue weighted by Gasteiger charge is -2.22. The maximum atomic E-state index is 12.2. The van der Waals surface area contributed by atoms with Crippen molar-refractivity contribution in [3.05, 3.63) is 17.5 Å². The Morgan fingerprint density at radius 1 is 1.45 bits per heavy atom. The van der Waals surface area contributed by atoms with Crippen LogP contribution in [0.3, 0.4) is 0 Å². The molecule has 2 rings (SSSR count). The fourth-order valence-electron chi connectivity index (χ4n) is 2.18. The predicted octanol–water partition coefficient (Wildman–Crippen LogP) is 1.67. The number of nitrogens with zero attached hydrogens (tertiary/aromatic N) is 3. The topological polar surface area (TPSA) is 75.4 Å². The average Bonchev–Trinajstić information content (AvgIpc) is 3.04. The Kier molecular flexibility index (Phi) is 3.58. The van der Waals surface area contributed by atoms with Gasteiger partial charge < -0.3 is 10.0 Å². The van der Waals surface area contributed by atoms with E-state index in [2.05, 4.69) is 5.10 Å². The van der Waals surface area contributed by atoms with Gasteiger partial charge in [0.15, 0.2) is 5.69 Å². The summed E-state index contributed by atoms with van der Waals surface area (Å²) in [5, 5.41) is 13.2. The van der Waals surface area contributed by atoms with Crippen LogP contribution in [0.1, 0.15) is 55.7 Å². The molecule has 1 amide bonds. The number of carboxylic acids is 1. The quantitative estimate of drug-likeness (QED) is 0.909. The second kappa shape index (κ2) is 4.92. The van der Waals surface area contributed by atoms with Gasteiger partial charge >= 0.3 is 5.97 Å². The van der Waals surface area contributed by atoms with Gasteiger partial charge in [-0.3, -0.25) is 14.3 Å². The minimum atomic E-state index is -1.03. The number of likely N-dealkylation sites (N-methyl/N-ethyl adjacent to an activating group) is 1. The SMILES string of the molecule is CN(CC(=O)O)C(=O)c1cc(C2CC2)n(C(C)(C)C)n1. The summed E-state index contributed by atoms with van der Waals surface area (Å²) in [6, 6.07) is 1.81. The third-order valence-electron chi connectivity index (χ3n) is 3.31. The highest BCUT2D eigenvalue weighted by atomic mass is 16.4. The van der Waals surface area contributed by atoms with Crippen LogP contribution in [0.5, 0.6) is 0 Å². The van der Waals surface area contributed by atoms with Crippen molar-refractivity contribution in [1.29, 1.82) is 0 Å². The number of rotatable bonds is 4. The summed E-state index contributed by atoms with van der Waals surface area (Å²) in [6.07, 6.45) is 2.25. The van der Waals surface area contributed by atoms with E-state index in [9.17, 15) is 9.59 Å². The van der Waals surface area contributed by atoms with Crippen LogP contribution in [0.4, 0.5) is 0 Å². The Hall–Kier alpha value is -1.85. The number of aromatic nitrogens is 2. The fourth-order valence-corrected chi connectivity index (χ4v) is 2.18. The van der Waals surface area contributed by atoms with Gasteiger partial charge in [-0.25, -0.2) is 0 Å². The van der Waals surface area contributed by atoms with Gasteiger partial charge in [0, 0.05) is 18.7 Å². The van der Waals surface area contributed by atoms with Crippen LogP contribution in [0.25, 0.3) is 0 Å². The number of carbonyl (C=O) groups excluding carboxylic acids is 1. The van der Waals surface area contributed by atoms with E-state index in [0.29, 0.717) is 11.6 Å². The predicted molar refractivity (Wildman–Crippen MR) is 73.8 cm³/mol. The van der Waals surface area contributed by atoms with Gasteiger partial charge in [0.05, 0.1) is 5.54 Å². The second-order valence-corrected chi connectivity index (χ2v) is 6.37. The molecule has 1 N–H and O–H groups in total. The Balaban J connectivity index is 2.29. The molecular weight excluding hydrogens is 258 g/mol. The van der Waals surface area contributed by atoms with Crippen molar-refractivity contribution in [1.82, 2.24) is 14.7 Å². The van der Waals surface area contributed by atoms with Crippen LogP contribution < -0.4 is 0 Å². The first-order valence-electron chi connectivity index (χ1n) is 6.78. The van der Waals surface area contributed by atoms with Gasteiger partial charge in [0.25, 0.3) is 5.91 Å². The van der Waals surface area contributed by atoms with E-state index in [1.807, 2.05) is 31.5 Å². The summed E-state index contributed by atoms with van der Waals surface area (Å²) < 4.78 is 1.90. The van der Waals surface area contributed by atoms with Crippen molar-refractivity contribution >= 4 is 11.9 Å². The Labute approximate surface area is 118 Å². The molecule has 1 fully saturated rings. The minimum Gasteiger partial charge on any atom is -0.480 e. The highest BCUT2D eigenvalue weighted by molar-refractivity contribution is 5.94. The van der Waals surface area contributed by atoms with Crippen molar-refractivity contribution in [2.45, 2.75) is 45.1 Å². The maximum absolute atomic E-state index is 12.2. The van der Waals surface area contributed by atoms with E-state index in [-0.39, 0.29) is 18.0 Å². The van der Waals surface area contributed by atoms with Crippen LogP contribution >= 0.6 is 0 Å². The maximum Gasteiger partial charge on any atom is 0.323 e. The number of carbonyl (C=O) groups is 2. The molecule has 1 aromatic rings. The van der Waals surface area contributed by atoms with Crippen molar-refractivity contribution in [3.8, 4) is 0 Å². The molecule has 20 heavy (non-hydrogen) atoms. The van der Waals surface area contributed by atoms with Gasteiger partial charge in [0.1, 0.15) is 6.54 Å². The normalized spacial score (nSPS) is 15.2. The van der Waals surface area contributed by atoms with Crippen molar-refractivity contribution in [2.75, 3.05) is 13.6 Å².